The molecule has 4 N–H and O–H groups in total. The van der Waals surface area contributed by atoms with E-state index >= 15 is 0 Å². The van der Waals surface area contributed by atoms with Crippen molar-refractivity contribution in [3.8, 4) is 22.3 Å². The Morgan fingerprint density at radius 2 is 1.75 bits per heavy atom. The minimum absolute atomic E-state index is 0. The lowest BCUT2D eigenvalue weighted by Gasteiger charge is -2.10. The van der Waals surface area contributed by atoms with Gasteiger partial charge in [-0.3, -0.25) is 0 Å². The Kier molecular flexibility index (Phi) is 6.44. The predicted octanol–water partition coefficient (Wildman–Crippen LogP) is 3.54. The molecule has 0 saturated carbocycles. The number of benzene rings is 1. The highest BCUT2D eigenvalue weighted by Gasteiger charge is 2.27. The second-order valence-electron chi connectivity index (χ2n) is 6.50. The molecule has 9 nitrogen and oxygen atoms in total. The monoisotopic (exact) mass is 464 g/mol. The fourth-order valence-electron chi connectivity index (χ4n) is 2.83. The molecule has 13 heteroatoms. The maximum atomic E-state index is 12.2. The first kappa shape index (κ1) is 22.7. The van der Waals surface area contributed by atoms with E-state index in [-0.39, 0.29) is 18.4 Å². The normalized spacial score (nSPS) is 11.1. The maximum absolute atomic E-state index is 12.2. The zero-order chi connectivity index (χ0) is 22.0. The smallest absolute Gasteiger partial charge is 0.368 e. The minimum Gasteiger partial charge on any atom is -0.368 e. The summed E-state index contributed by atoms with van der Waals surface area (Å²) < 4.78 is 38.3. The van der Waals surface area contributed by atoms with E-state index in [1.54, 1.807) is 65.1 Å². The van der Waals surface area contributed by atoms with Gasteiger partial charge in [0.15, 0.2) is 5.65 Å². The van der Waals surface area contributed by atoms with E-state index in [1.807, 2.05) is 0 Å². The van der Waals surface area contributed by atoms with Gasteiger partial charge in [0.1, 0.15) is 6.54 Å². The molecule has 32 heavy (non-hydrogen) atoms. The van der Waals surface area contributed by atoms with Crippen molar-refractivity contribution < 1.29 is 18.0 Å². The summed E-state index contributed by atoms with van der Waals surface area (Å²) in [6.07, 6.45) is 3.67. The van der Waals surface area contributed by atoms with Gasteiger partial charge in [0.25, 0.3) is 0 Å². The first-order valence-electron chi connectivity index (χ1n) is 8.92. The van der Waals surface area contributed by atoms with Gasteiger partial charge >= 0.3 is 12.2 Å². The molecule has 0 spiro atoms. The molecule has 4 rings (SSSR count). The highest BCUT2D eigenvalue weighted by molar-refractivity contribution is 5.90. The van der Waals surface area contributed by atoms with E-state index in [0.717, 1.165) is 11.1 Å². The third kappa shape index (κ3) is 5.21. The molecule has 3 aromatic heterocycles. The molecule has 2 amide bonds. The van der Waals surface area contributed by atoms with Crippen LogP contribution in [0.5, 0.6) is 0 Å². The first-order valence-corrected chi connectivity index (χ1v) is 8.92. The van der Waals surface area contributed by atoms with E-state index in [9.17, 15) is 18.0 Å². The van der Waals surface area contributed by atoms with Gasteiger partial charge in [-0.05, 0) is 17.7 Å². The van der Waals surface area contributed by atoms with Crippen molar-refractivity contribution >= 4 is 35.7 Å². The minimum atomic E-state index is -4.49. The van der Waals surface area contributed by atoms with Crippen LogP contribution in [0.1, 0.15) is 0 Å². The van der Waals surface area contributed by atoms with E-state index in [4.69, 9.17) is 5.73 Å². The Balaban J connectivity index is 0.00000289. The van der Waals surface area contributed by atoms with Crippen molar-refractivity contribution in [2.24, 2.45) is 0 Å². The number of halogens is 4. The number of urea groups is 1. The van der Waals surface area contributed by atoms with Gasteiger partial charge in [-0.25, -0.2) is 24.3 Å². The van der Waals surface area contributed by atoms with Gasteiger partial charge in [-0.1, -0.05) is 12.1 Å². The van der Waals surface area contributed by atoms with Crippen LogP contribution in [0.15, 0.2) is 55.2 Å². The summed E-state index contributed by atoms with van der Waals surface area (Å²) in [5.41, 5.74) is 9.20. The Morgan fingerprint density at radius 1 is 1.03 bits per heavy atom. The Labute approximate surface area is 185 Å². The molecule has 0 aliphatic heterocycles. The van der Waals surface area contributed by atoms with Crippen LogP contribution in [-0.2, 0) is 0 Å². The van der Waals surface area contributed by atoms with Crippen LogP contribution in [-0.4, -0.2) is 43.3 Å². The van der Waals surface area contributed by atoms with Gasteiger partial charge < -0.3 is 16.4 Å². The van der Waals surface area contributed by atoms with Crippen LogP contribution in [0.25, 0.3) is 27.9 Å². The summed E-state index contributed by atoms with van der Waals surface area (Å²) >= 11 is 0. The molecule has 0 fully saturated rings. The van der Waals surface area contributed by atoms with Crippen molar-refractivity contribution in [1.29, 1.82) is 0 Å². The van der Waals surface area contributed by atoms with Crippen molar-refractivity contribution in [3.05, 3.63) is 55.2 Å². The molecule has 0 bridgehead atoms. The van der Waals surface area contributed by atoms with E-state index < -0.39 is 18.8 Å². The number of fused-ring (bicyclic) bond motifs is 1. The molecule has 4 aromatic rings. The number of rotatable bonds is 4. The second-order valence-corrected chi connectivity index (χ2v) is 6.50. The summed E-state index contributed by atoms with van der Waals surface area (Å²) in [6.45, 7) is -1.42. The van der Waals surface area contributed by atoms with Crippen LogP contribution in [0, 0.1) is 0 Å². The average Bonchev–Trinajstić information content (AvgIpc) is 3.16. The fourth-order valence-corrected chi connectivity index (χ4v) is 2.83. The lowest BCUT2D eigenvalue weighted by atomic mass is 10.1. The summed E-state index contributed by atoms with van der Waals surface area (Å²) in [5.74, 6) is 0.166. The number of nitrogen functional groups attached to an aromatic ring is 1. The number of carbonyl (C=O) groups is 1. The summed E-state index contributed by atoms with van der Waals surface area (Å²) in [7, 11) is 0. The van der Waals surface area contributed by atoms with Gasteiger partial charge in [0.2, 0.25) is 5.95 Å². The van der Waals surface area contributed by atoms with E-state index in [2.05, 4.69) is 25.4 Å². The number of nitrogens with two attached hydrogens (primary N) is 1. The number of nitrogens with one attached hydrogen (secondary N) is 2. The SMILES string of the molecule is Cl.Nc1ncc(-c2cnc3c(-c4cccc(NC(=O)NCC(F)(F)F)c4)cnn3c2)cn1. The summed E-state index contributed by atoms with van der Waals surface area (Å²) in [4.78, 5) is 24.1. The number of hydrogen-bond acceptors (Lipinski definition) is 6. The zero-order valence-corrected chi connectivity index (χ0v) is 17.0. The summed E-state index contributed by atoms with van der Waals surface area (Å²) in [5, 5.41) is 8.45. The molecule has 0 saturated heterocycles. The highest BCUT2D eigenvalue weighted by Crippen LogP contribution is 2.27. The molecule has 0 aliphatic carbocycles. The number of hydrogen-bond donors (Lipinski definition) is 3. The second kappa shape index (κ2) is 9.06. The van der Waals surface area contributed by atoms with Crippen molar-refractivity contribution in [1.82, 2.24) is 29.9 Å². The van der Waals surface area contributed by atoms with Gasteiger partial charge in [-0.2, -0.15) is 18.3 Å². The van der Waals surface area contributed by atoms with Crippen LogP contribution in [0.2, 0.25) is 0 Å². The molecule has 0 atom stereocenters. The van der Waals surface area contributed by atoms with E-state index in [0.29, 0.717) is 22.5 Å². The Bertz CT molecular complexity index is 1240. The molecular weight excluding hydrogens is 449 g/mol. The number of carbonyl (C=O) groups excluding carboxylic acids is 1. The fraction of sp³-hybridized carbons (Fsp3) is 0.105. The predicted molar refractivity (Wildman–Crippen MR) is 114 cm³/mol. The molecular formula is C19H16ClF3N8O. The van der Waals surface area contributed by atoms with Crippen LogP contribution in [0.4, 0.5) is 29.6 Å². The van der Waals surface area contributed by atoms with Gasteiger partial charge in [-0.15, -0.1) is 12.4 Å². The number of anilines is 2. The molecule has 0 unspecified atom stereocenters. The first-order chi connectivity index (χ1) is 14.8. The van der Waals surface area contributed by atoms with Gasteiger partial charge in [0.05, 0.1) is 6.20 Å². The lowest BCUT2D eigenvalue weighted by molar-refractivity contribution is -0.122. The summed E-state index contributed by atoms with van der Waals surface area (Å²) in [6, 6.07) is 5.67. The third-order valence-electron chi connectivity index (χ3n) is 4.24. The number of nitrogens with zero attached hydrogens (tertiary/aromatic N) is 5. The Hall–Kier alpha value is -3.93. The molecule has 0 aliphatic rings. The molecule has 1 aromatic carbocycles. The van der Waals surface area contributed by atoms with Crippen LogP contribution >= 0.6 is 12.4 Å². The Morgan fingerprint density at radius 3 is 2.47 bits per heavy atom. The average molecular weight is 465 g/mol. The van der Waals surface area contributed by atoms with Crippen LogP contribution < -0.4 is 16.4 Å². The maximum Gasteiger partial charge on any atom is 0.405 e. The molecule has 3 heterocycles. The van der Waals surface area contributed by atoms with Crippen molar-refractivity contribution in [3.63, 3.8) is 0 Å². The van der Waals surface area contributed by atoms with Crippen molar-refractivity contribution in [2.75, 3.05) is 17.6 Å². The molecule has 166 valence electrons. The van der Waals surface area contributed by atoms with Crippen LogP contribution in [0.3, 0.4) is 0 Å². The number of aromatic nitrogens is 5. The quantitative estimate of drug-likeness (QED) is 0.424. The van der Waals surface area contributed by atoms with Crippen molar-refractivity contribution in [2.45, 2.75) is 6.18 Å². The number of alkyl halides is 3. The van der Waals surface area contributed by atoms with Gasteiger partial charge in [0, 0.05) is 47.2 Å². The largest absolute Gasteiger partial charge is 0.405 e. The zero-order valence-electron chi connectivity index (χ0n) is 16.2. The standard InChI is InChI=1S/C19H15F3N8O.ClH/c20-19(21,22)10-27-18(31)29-14-3-1-2-11(4-14)15-8-28-30-9-13(7-24-16(15)30)12-5-25-17(23)26-6-12;/h1-9H,10H2,(H2,23,25,26)(H2,27,29,31);1H. The number of amides is 2. The topological polar surface area (TPSA) is 123 Å². The van der Waals surface area contributed by atoms with E-state index in [1.165, 1.54) is 0 Å². The third-order valence-corrected chi connectivity index (χ3v) is 4.24. The lowest BCUT2D eigenvalue weighted by Crippen LogP contribution is -2.36. The highest BCUT2D eigenvalue weighted by atomic mass is 35.5. The molecule has 0 radical (unpaired) electrons.